The third kappa shape index (κ3) is 1.63. The first kappa shape index (κ1) is 13.8. The van der Waals surface area contributed by atoms with E-state index in [4.69, 9.17) is 4.74 Å². The highest BCUT2D eigenvalue weighted by molar-refractivity contribution is 6.06. The van der Waals surface area contributed by atoms with Crippen LogP contribution in [0.1, 0.15) is 31.7 Å². The number of carbonyl (C=O) groups excluding carboxylic acids is 2. The second-order valence-electron chi connectivity index (χ2n) is 6.33. The van der Waals surface area contributed by atoms with Crippen molar-refractivity contribution in [2.75, 3.05) is 18.5 Å². The lowest BCUT2D eigenvalue weighted by atomic mass is 9.84. The Morgan fingerprint density at radius 3 is 3.09 bits per heavy atom. The number of fused-ring (bicyclic) bond motifs is 4. The van der Waals surface area contributed by atoms with E-state index in [2.05, 4.69) is 10.2 Å². The van der Waals surface area contributed by atoms with Crippen molar-refractivity contribution in [2.24, 2.45) is 5.92 Å². The van der Waals surface area contributed by atoms with Gasteiger partial charge in [-0.15, -0.1) is 0 Å². The van der Waals surface area contributed by atoms with Crippen LogP contribution in [0, 0.1) is 5.92 Å². The first-order chi connectivity index (χ1) is 10.7. The lowest BCUT2D eigenvalue weighted by Crippen LogP contribution is -2.47. The van der Waals surface area contributed by atoms with Crippen molar-refractivity contribution >= 4 is 17.6 Å². The van der Waals surface area contributed by atoms with Crippen LogP contribution in [0.4, 0.5) is 5.69 Å². The molecule has 3 atom stereocenters. The highest BCUT2D eigenvalue weighted by Crippen LogP contribution is 2.54. The number of nitrogens with one attached hydrogen (secondary N) is 1. The molecule has 1 aromatic rings. The van der Waals surface area contributed by atoms with Crippen molar-refractivity contribution in [3.63, 3.8) is 0 Å². The van der Waals surface area contributed by atoms with E-state index in [0.29, 0.717) is 13.0 Å². The second-order valence-corrected chi connectivity index (χ2v) is 6.33. The number of esters is 1. The summed E-state index contributed by atoms with van der Waals surface area (Å²) in [5.74, 6) is -0.361. The molecule has 5 nitrogen and oxygen atoms in total. The van der Waals surface area contributed by atoms with Crippen LogP contribution in [0.15, 0.2) is 24.3 Å². The maximum atomic E-state index is 12.8. The molecule has 22 heavy (non-hydrogen) atoms. The monoisotopic (exact) mass is 300 g/mol. The Morgan fingerprint density at radius 2 is 2.27 bits per heavy atom. The van der Waals surface area contributed by atoms with E-state index in [1.807, 2.05) is 31.2 Å². The molecular weight excluding hydrogens is 280 g/mol. The molecule has 116 valence electrons. The molecule has 0 radical (unpaired) electrons. The molecule has 3 heterocycles. The van der Waals surface area contributed by atoms with E-state index in [1.54, 1.807) is 0 Å². The predicted molar refractivity (Wildman–Crippen MR) is 81.2 cm³/mol. The second kappa shape index (κ2) is 4.81. The first-order valence-corrected chi connectivity index (χ1v) is 8.03. The van der Waals surface area contributed by atoms with E-state index in [0.717, 1.165) is 30.6 Å². The van der Waals surface area contributed by atoms with Gasteiger partial charge in [0.2, 0.25) is 5.91 Å². The molecule has 0 saturated carbocycles. The molecule has 4 rings (SSSR count). The van der Waals surface area contributed by atoms with E-state index >= 15 is 0 Å². The molecule has 1 spiro atoms. The van der Waals surface area contributed by atoms with Gasteiger partial charge in [0.25, 0.3) is 0 Å². The maximum absolute atomic E-state index is 12.8. The van der Waals surface area contributed by atoms with Crippen LogP contribution in [-0.4, -0.2) is 36.0 Å². The SMILES string of the molecule is CCOC(=O)[C@@H]1C[C@@]2(C(=O)Nc3ccccc32)N2CCC[C@@H]12. The average molecular weight is 300 g/mol. The standard InChI is InChI=1S/C17H20N2O3/c1-2-22-15(20)11-10-17(19-9-5-8-14(11)19)12-6-3-4-7-13(12)18-16(17)21/h3-4,6-7,11,14H,2,5,8-10H2,1H3,(H,18,21)/t11-,14+,17-/m1/s1. The topological polar surface area (TPSA) is 58.6 Å². The van der Waals surface area contributed by atoms with Crippen molar-refractivity contribution in [3.05, 3.63) is 29.8 Å². The van der Waals surface area contributed by atoms with Gasteiger partial charge in [-0.1, -0.05) is 18.2 Å². The fourth-order valence-corrected chi connectivity index (χ4v) is 4.53. The molecule has 1 amide bonds. The van der Waals surface area contributed by atoms with E-state index in [-0.39, 0.29) is 23.8 Å². The van der Waals surface area contributed by atoms with E-state index < -0.39 is 5.54 Å². The van der Waals surface area contributed by atoms with Gasteiger partial charge in [-0.05, 0) is 38.8 Å². The minimum atomic E-state index is -0.685. The number of carbonyl (C=O) groups is 2. The fraction of sp³-hybridized carbons (Fsp3) is 0.529. The van der Waals surface area contributed by atoms with Crippen LogP contribution in [0.2, 0.25) is 0 Å². The fourth-order valence-electron chi connectivity index (χ4n) is 4.53. The average Bonchev–Trinajstić information content (AvgIpc) is 3.16. The Morgan fingerprint density at radius 1 is 1.45 bits per heavy atom. The summed E-state index contributed by atoms with van der Waals surface area (Å²) in [4.78, 5) is 27.4. The number of para-hydroxylation sites is 1. The first-order valence-electron chi connectivity index (χ1n) is 8.03. The number of hydrogen-bond donors (Lipinski definition) is 1. The van der Waals surface area contributed by atoms with E-state index in [9.17, 15) is 9.59 Å². The van der Waals surface area contributed by atoms with Crippen LogP contribution in [0.5, 0.6) is 0 Å². The Balaban J connectivity index is 1.79. The molecular formula is C17H20N2O3. The summed E-state index contributed by atoms with van der Waals surface area (Å²) in [6.45, 7) is 3.08. The molecule has 0 aliphatic carbocycles. The molecule has 0 aromatic heterocycles. The summed E-state index contributed by atoms with van der Waals surface area (Å²) in [6.07, 6.45) is 2.51. The third-order valence-corrected chi connectivity index (χ3v) is 5.36. The van der Waals surface area contributed by atoms with Crippen LogP contribution < -0.4 is 5.32 Å². The molecule has 5 heteroatoms. The van der Waals surface area contributed by atoms with Gasteiger partial charge in [0.1, 0.15) is 5.54 Å². The summed E-state index contributed by atoms with van der Waals surface area (Å²) in [5.41, 5.74) is 1.20. The largest absolute Gasteiger partial charge is 0.466 e. The van der Waals surface area contributed by atoms with Gasteiger partial charge in [0.05, 0.1) is 12.5 Å². The zero-order valence-electron chi connectivity index (χ0n) is 12.7. The Labute approximate surface area is 129 Å². The Bertz CT molecular complexity index is 645. The minimum absolute atomic E-state index is 0.00685. The van der Waals surface area contributed by atoms with Crippen LogP contribution >= 0.6 is 0 Å². The van der Waals surface area contributed by atoms with Gasteiger partial charge >= 0.3 is 5.97 Å². The molecule has 1 aromatic carbocycles. The highest BCUT2D eigenvalue weighted by Gasteiger charge is 2.63. The predicted octanol–water partition coefficient (Wildman–Crippen LogP) is 1.88. The van der Waals surface area contributed by atoms with Crippen LogP contribution in [0.25, 0.3) is 0 Å². The molecule has 2 saturated heterocycles. The van der Waals surface area contributed by atoms with Crippen molar-refractivity contribution in [1.29, 1.82) is 0 Å². The van der Waals surface area contributed by atoms with Gasteiger partial charge < -0.3 is 10.1 Å². The van der Waals surface area contributed by atoms with Gasteiger partial charge in [0.15, 0.2) is 0 Å². The zero-order chi connectivity index (χ0) is 15.3. The maximum Gasteiger partial charge on any atom is 0.310 e. The van der Waals surface area contributed by atoms with Gasteiger partial charge in [-0.3, -0.25) is 14.5 Å². The molecule has 0 unspecified atom stereocenters. The number of rotatable bonds is 2. The quantitative estimate of drug-likeness (QED) is 0.847. The molecule has 3 aliphatic heterocycles. The molecule has 1 N–H and O–H groups in total. The summed E-state index contributed by atoms with van der Waals surface area (Å²) < 4.78 is 5.26. The highest BCUT2D eigenvalue weighted by atomic mass is 16.5. The van der Waals surface area contributed by atoms with Gasteiger partial charge in [0, 0.05) is 17.3 Å². The summed E-state index contributed by atoms with van der Waals surface area (Å²) in [5, 5.41) is 3.00. The van der Waals surface area contributed by atoms with Crippen molar-refractivity contribution < 1.29 is 14.3 Å². The van der Waals surface area contributed by atoms with Crippen molar-refractivity contribution in [1.82, 2.24) is 4.90 Å². The number of anilines is 1. The van der Waals surface area contributed by atoms with Crippen molar-refractivity contribution in [3.8, 4) is 0 Å². The molecule has 3 aliphatic rings. The molecule has 0 bridgehead atoms. The summed E-state index contributed by atoms with van der Waals surface area (Å²) in [6, 6.07) is 7.96. The number of hydrogen-bond acceptors (Lipinski definition) is 4. The van der Waals surface area contributed by atoms with Crippen molar-refractivity contribution in [2.45, 2.75) is 37.8 Å². The number of ether oxygens (including phenoxy) is 1. The van der Waals surface area contributed by atoms with E-state index in [1.165, 1.54) is 0 Å². The smallest absolute Gasteiger partial charge is 0.310 e. The van der Waals surface area contributed by atoms with Crippen LogP contribution in [0.3, 0.4) is 0 Å². The molecule has 2 fully saturated rings. The minimum Gasteiger partial charge on any atom is -0.466 e. The number of amides is 1. The van der Waals surface area contributed by atoms with Gasteiger partial charge in [-0.25, -0.2) is 0 Å². The Hall–Kier alpha value is -1.88. The zero-order valence-corrected chi connectivity index (χ0v) is 12.7. The summed E-state index contributed by atoms with van der Waals surface area (Å²) in [7, 11) is 0. The van der Waals surface area contributed by atoms with Crippen LogP contribution in [-0.2, 0) is 19.9 Å². The lowest BCUT2D eigenvalue weighted by molar-refractivity contribution is -0.148. The number of benzene rings is 1. The van der Waals surface area contributed by atoms with Gasteiger partial charge in [-0.2, -0.15) is 0 Å². The Kier molecular flexibility index (Phi) is 3.01. The number of nitrogens with zero attached hydrogens (tertiary/aromatic N) is 1. The normalized spacial score (nSPS) is 32.9. The third-order valence-electron chi connectivity index (χ3n) is 5.36. The summed E-state index contributed by atoms with van der Waals surface area (Å²) >= 11 is 0. The lowest BCUT2D eigenvalue weighted by Gasteiger charge is -2.32.